The van der Waals surface area contributed by atoms with Gasteiger partial charge in [-0.05, 0) is 51.6 Å². The molecule has 1 atom stereocenters. The summed E-state index contributed by atoms with van der Waals surface area (Å²) in [6.07, 6.45) is 1.68. The fourth-order valence-corrected chi connectivity index (χ4v) is 3.08. The molecule has 0 spiro atoms. The van der Waals surface area contributed by atoms with Gasteiger partial charge in [0.2, 0.25) is 5.91 Å². The van der Waals surface area contributed by atoms with E-state index in [2.05, 4.69) is 4.90 Å². The van der Waals surface area contributed by atoms with Gasteiger partial charge in [-0.2, -0.15) is 0 Å². The zero-order chi connectivity index (χ0) is 19.8. The minimum Gasteiger partial charge on any atom is -0.490 e. The lowest BCUT2D eigenvalue weighted by molar-refractivity contribution is -0.141. The average molecular weight is 378 g/mol. The summed E-state index contributed by atoms with van der Waals surface area (Å²) in [4.78, 5) is 26.7. The van der Waals surface area contributed by atoms with Crippen LogP contribution in [0.1, 0.15) is 25.3 Å². The van der Waals surface area contributed by atoms with E-state index in [9.17, 15) is 9.59 Å². The van der Waals surface area contributed by atoms with Gasteiger partial charge in [-0.1, -0.05) is 6.07 Å². The van der Waals surface area contributed by atoms with Gasteiger partial charge >= 0.3 is 5.97 Å². The number of rotatable bonds is 11. The Bertz CT molecular complexity index is 647. The Labute approximate surface area is 160 Å². The SMILES string of the molecule is CCOc1cc(CCN2CC(C(=O)O)CC2=O)ccc1OCCCN(C)C. The predicted molar refractivity (Wildman–Crippen MR) is 102 cm³/mol. The molecule has 0 aliphatic carbocycles. The van der Waals surface area contributed by atoms with Crippen molar-refractivity contribution in [2.45, 2.75) is 26.2 Å². The fourth-order valence-electron chi connectivity index (χ4n) is 3.08. The Morgan fingerprint density at radius 2 is 2.07 bits per heavy atom. The summed E-state index contributed by atoms with van der Waals surface area (Å²) in [5, 5.41) is 9.07. The van der Waals surface area contributed by atoms with Crippen LogP contribution < -0.4 is 9.47 Å². The molecule has 7 heteroatoms. The highest BCUT2D eigenvalue weighted by molar-refractivity contribution is 5.86. The van der Waals surface area contributed by atoms with E-state index in [1.807, 2.05) is 39.2 Å². The van der Waals surface area contributed by atoms with Crippen molar-refractivity contribution in [1.82, 2.24) is 9.80 Å². The van der Waals surface area contributed by atoms with Crippen molar-refractivity contribution in [3.05, 3.63) is 23.8 Å². The molecule has 1 unspecified atom stereocenters. The number of carboxylic acids is 1. The molecule has 0 aromatic heterocycles. The largest absolute Gasteiger partial charge is 0.490 e. The van der Waals surface area contributed by atoms with Gasteiger partial charge in [0, 0.05) is 26.1 Å². The number of carbonyl (C=O) groups excluding carboxylic acids is 1. The molecule has 1 aliphatic heterocycles. The lowest BCUT2D eigenvalue weighted by Gasteiger charge is -2.17. The van der Waals surface area contributed by atoms with Crippen molar-refractivity contribution in [3.63, 3.8) is 0 Å². The van der Waals surface area contributed by atoms with Crippen molar-refractivity contribution in [3.8, 4) is 11.5 Å². The van der Waals surface area contributed by atoms with Crippen LogP contribution in [0.15, 0.2) is 18.2 Å². The first kappa shape index (κ1) is 21.0. The Hall–Kier alpha value is -2.28. The Morgan fingerprint density at radius 1 is 1.30 bits per heavy atom. The first-order chi connectivity index (χ1) is 12.9. The first-order valence-corrected chi connectivity index (χ1v) is 9.44. The highest BCUT2D eigenvalue weighted by Gasteiger charge is 2.33. The molecule has 1 N–H and O–H groups in total. The topological polar surface area (TPSA) is 79.3 Å². The molecular formula is C20H30N2O5. The maximum atomic E-state index is 11.9. The van der Waals surface area contributed by atoms with Gasteiger partial charge < -0.3 is 24.4 Å². The van der Waals surface area contributed by atoms with E-state index in [4.69, 9.17) is 14.6 Å². The minimum absolute atomic E-state index is 0.0896. The van der Waals surface area contributed by atoms with Crippen LogP contribution in [-0.4, -0.2) is 73.7 Å². The Balaban J connectivity index is 1.92. The molecule has 1 heterocycles. The first-order valence-electron chi connectivity index (χ1n) is 9.44. The van der Waals surface area contributed by atoms with Crippen molar-refractivity contribution in [1.29, 1.82) is 0 Å². The van der Waals surface area contributed by atoms with Crippen LogP contribution in [0.25, 0.3) is 0 Å². The van der Waals surface area contributed by atoms with Crippen molar-refractivity contribution >= 4 is 11.9 Å². The molecule has 27 heavy (non-hydrogen) atoms. The van der Waals surface area contributed by atoms with Gasteiger partial charge in [-0.3, -0.25) is 9.59 Å². The quantitative estimate of drug-likeness (QED) is 0.593. The van der Waals surface area contributed by atoms with Crippen LogP contribution in [0, 0.1) is 5.92 Å². The van der Waals surface area contributed by atoms with Crippen molar-refractivity contribution < 1.29 is 24.2 Å². The van der Waals surface area contributed by atoms with E-state index in [1.54, 1.807) is 4.90 Å². The summed E-state index contributed by atoms with van der Waals surface area (Å²) < 4.78 is 11.6. The smallest absolute Gasteiger partial charge is 0.308 e. The van der Waals surface area contributed by atoms with Gasteiger partial charge in [0.1, 0.15) is 0 Å². The van der Waals surface area contributed by atoms with Gasteiger partial charge in [0.15, 0.2) is 11.5 Å². The Morgan fingerprint density at radius 3 is 2.70 bits per heavy atom. The van der Waals surface area contributed by atoms with E-state index >= 15 is 0 Å². The summed E-state index contributed by atoms with van der Waals surface area (Å²) in [6, 6.07) is 5.82. The number of carbonyl (C=O) groups is 2. The number of benzene rings is 1. The predicted octanol–water partition coefficient (Wildman–Crippen LogP) is 1.89. The number of carboxylic acid groups (broad SMARTS) is 1. The van der Waals surface area contributed by atoms with Crippen molar-refractivity contribution in [2.24, 2.45) is 5.92 Å². The lowest BCUT2D eigenvalue weighted by Crippen LogP contribution is -2.28. The van der Waals surface area contributed by atoms with E-state index in [0.29, 0.717) is 38.5 Å². The standard InChI is InChI=1S/C20H30N2O5/c1-4-26-18-12-15(6-7-17(18)27-11-5-9-21(2)3)8-10-22-14-16(20(24)25)13-19(22)23/h6-7,12,16H,4-5,8-11,13-14H2,1-3H3,(H,24,25). The molecule has 1 aliphatic rings. The number of amides is 1. The van der Waals surface area contributed by atoms with E-state index in [0.717, 1.165) is 24.3 Å². The van der Waals surface area contributed by atoms with Gasteiger partial charge in [0.05, 0.1) is 19.1 Å². The van der Waals surface area contributed by atoms with E-state index < -0.39 is 11.9 Å². The van der Waals surface area contributed by atoms with Crippen LogP contribution in [0.2, 0.25) is 0 Å². The minimum atomic E-state index is -0.903. The van der Waals surface area contributed by atoms with Gasteiger partial charge in [-0.25, -0.2) is 0 Å². The zero-order valence-corrected chi connectivity index (χ0v) is 16.4. The molecule has 1 aromatic carbocycles. The third-order valence-corrected chi connectivity index (χ3v) is 4.55. The summed E-state index contributed by atoms with van der Waals surface area (Å²) >= 11 is 0. The Kier molecular flexibility index (Phi) is 7.91. The maximum Gasteiger partial charge on any atom is 0.308 e. The number of likely N-dealkylation sites (tertiary alicyclic amines) is 1. The molecule has 0 radical (unpaired) electrons. The van der Waals surface area contributed by atoms with Crippen LogP contribution in [0.5, 0.6) is 11.5 Å². The lowest BCUT2D eigenvalue weighted by atomic mass is 10.1. The highest BCUT2D eigenvalue weighted by atomic mass is 16.5. The molecule has 1 aromatic rings. The second-order valence-corrected chi connectivity index (χ2v) is 7.05. The molecule has 150 valence electrons. The number of ether oxygens (including phenoxy) is 2. The second kappa shape index (κ2) is 10.2. The van der Waals surface area contributed by atoms with Crippen molar-refractivity contribution in [2.75, 3.05) is 46.9 Å². The molecule has 7 nitrogen and oxygen atoms in total. The van der Waals surface area contributed by atoms with Crippen LogP contribution >= 0.6 is 0 Å². The zero-order valence-electron chi connectivity index (χ0n) is 16.4. The normalized spacial score (nSPS) is 16.8. The number of nitrogens with zero attached hydrogens (tertiary/aromatic N) is 2. The average Bonchev–Trinajstić information content (AvgIpc) is 2.99. The van der Waals surface area contributed by atoms with Crippen LogP contribution in [0.4, 0.5) is 0 Å². The summed E-state index contributed by atoms with van der Waals surface area (Å²) in [6.45, 7) is 4.86. The summed E-state index contributed by atoms with van der Waals surface area (Å²) in [7, 11) is 4.06. The second-order valence-electron chi connectivity index (χ2n) is 7.05. The molecule has 0 saturated carbocycles. The van der Waals surface area contributed by atoms with E-state index in [1.165, 1.54) is 0 Å². The molecule has 2 rings (SSSR count). The third kappa shape index (κ3) is 6.43. The molecule has 1 saturated heterocycles. The molecule has 0 bridgehead atoms. The van der Waals surface area contributed by atoms with Gasteiger partial charge in [0.25, 0.3) is 0 Å². The number of aliphatic carboxylic acids is 1. The molecular weight excluding hydrogens is 348 g/mol. The number of hydrogen-bond acceptors (Lipinski definition) is 5. The van der Waals surface area contributed by atoms with Gasteiger partial charge in [-0.15, -0.1) is 0 Å². The third-order valence-electron chi connectivity index (χ3n) is 4.55. The number of hydrogen-bond donors (Lipinski definition) is 1. The summed E-state index contributed by atoms with van der Waals surface area (Å²) in [5.41, 5.74) is 1.03. The van der Waals surface area contributed by atoms with E-state index in [-0.39, 0.29) is 12.3 Å². The van der Waals surface area contributed by atoms with Crippen LogP contribution in [0.3, 0.4) is 0 Å². The molecule has 1 amide bonds. The summed E-state index contributed by atoms with van der Waals surface area (Å²) in [5.74, 6) is -0.151. The fraction of sp³-hybridized carbons (Fsp3) is 0.600. The molecule has 1 fully saturated rings. The highest BCUT2D eigenvalue weighted by Crippen LogP contribution is 2.29. The van der Waals surface area contributed by atoms with Crippen LogP contribution in [-0.2, 0) is 16.0 Å². The monoisotopic (exact) mass is 378 g/mol. The maximum absolute atomic E-state index is 11.9.